The van der Waals surface area contributed by atoms with Crippen LogP contribution in [-0.4, -0.2) is 45.4 Å². The molecule has 0 saturated carbocycles. The van der Waals surface area contributed by atoms with E-state index >= 15 is 0 Å². The molecule has 0 aliphatic carbocycles. The van der Waals surface area contributed by atoms with Crippen molar-refractivity contribution in [3.05, 3.63) is 48.0 Å². The number of aliphatic hydroxyl groups excluding tert-OH is 1. The molecule has 1 saturated heterocycles. The van der Waals surface area contributed by atoms with E-state index in [1.165, 1.54) is 10.7 Å². The predicted molar refractivity (Wildman–Crippen MR) is 79.2 cm³/mol. The second-order valence-corrected chi connectivity index (χ2v) is 5.53. The summed E-state index contributed by atoms with van der Waals surface area (Å²) in [7, 11) is 0. The molecule has 1 amide bonds. The molecule has 1 aromatic heterocycles. The summed E-state index contributed by atoms with van der Waals surface area (Å²) in [5.41, 5.74) is 0.663. The highest BCUT2D eigenvalue weighted by molar-refractivity contribution is 5.94. The van der Waals surface area contributed by atoms with Gasteiger partial charge >= 0.3 is 0 Å². The van der Waals surface area contributed by atoms with Crippen LogP contribution in [0.1, 0.15) is 23.2 Å². The van der Waals surface area contributed by atoms with Crippen molar-refractivity contribution in [1.82, 2.24) is 14.7 Å². The number of aromatic nitrogens is 2. The first kappa shape index (κ1) is 14.7. The molecule has 5 nitrogen and oxygen atoms in total. The van der Waals surface area contributed by atoms with E-state index in [1.807, 2.05) is 0 Å². The average molecular weight is 303 g/mol. The van der Waals surface area contributed by atoms with Crippen molar-refractivity contribution in [3.8, 4) is 5.69 Å². The molecule has 1 N–H and O–H groups in total. The van der Waals surface area contributed by atoms with Crippen molar-refractivity contribution in [2.75, 3.05) is 19.7 Å². The van der Waals surface area contributed by atoms with Crippen molar-refractivity contribution in [1.29, 1.82) is 0 Å². The minimum Gasteiger partial charge on any atom is -0.396 e. The van der Waals surface area contributed by atoms with Crippen LogP contribution >= 0.6 is 0 Å². The summed E-state index contributed by atoms with van der Waals surface area (Å²) in [4.78, 5) is 14.1. The maximum Gasteiger partial charge on any atom is 0.253 e. The zero-order valence-electron chi connectivity index (χ0n) is 12.2. The maximum atomic E-state index is 14.2. The molecule has 2 heterocycles. The standard InChI is InChI=1S/C16H18FN3O2/c17-14-10-13(2-3-15(14)20-7-1-6-18-20)16(22)19-8-4-12(11-21)5-9-19/h1-3,6-7,10,12,21H,4-5,8-9,11H2. The number of piperidine rings is 1. The lowest BCUT2D eigenvalue weighted by molar-refractivity contribution is 0.0650. The van der Waals surface area contributed by atoms with Crippen molar-refractivity contribution in [2.45, 2.75) is 12.8 Å². The van der Waals surface area contributed by atoms with Gasteiger partial charge in [-0.1, -0.05) is 0 Å². The first-order valence-electron chi connectivity index (χ1n) is 7.38. The van der Waals surface area contributed by atoms with E-state index in [9.17, 15) is 9.18 Å². The average Bonchev–Trinajstić information content (AvgIpc) is 3.08. The Balaban J connectivity index is 1.75. The quantitative estimate of drug-likeness (QED) is 0.941. The number of nitrogens with zero attached hydrogens (tertiary/aromatic N) is 3. The van der Waals surface area contributed by atoms with Gasteiger partial charge in [-0.05, 0) is 43.0 Å². The van der Waals surface area contributed by atoms with E-state index in [4.69, 9.17) is 5.11 Å². The van der Waals surface area contributed by atoms with Gasteiger partial charge in [-0.2, -0.15) is 5.10 Å². The van der Waals surface area contributed by atoms with Crippen molar-refractivity contribution >= 4 is 5.91 Å². The SMILES string of the molecule is O=C(c1ccc(-n2cccn2)c(F)c1)N1CCC(CO)CC1. The number of hydrogen-bond acceptors (Lipinski definition) is 3. The highest BCUT2D eigenvalue weighted by atomic mass is 19.1. The first-order valence-corrected chi connectivity index (χ1v) is 7.38. The molecule has 22 heavy (non-hydrogen) atoms. The largest absolute Gasteiger partial charge is 0.396 e. The van der Waals surface area contributed by atoms with Gasteiger partial charge < -0.3 is 10.0 Å². The lowest BCUT2D eigenvalue weighted by atomic mass is 9.97. The van der Waals surface area contributed by atoms with Gasteiger partial charge in [0, 0.05) is 37.7 Å². The molecule has 0 radical (unpaired) electrons. The minimum atomic E-state index is -0.472. The summed E-state index contributed by atoms with van der Waals surface area (Å²) in [5.74, 6) is -0.370. The number of aliphatic hydroxyl groups is 1. The number of likely N-dealkylation sites (tertiary alicyclic amines) is 1. The fourth-order valence-corrected chi connectivity index (χ4v) is 2.74. The molecular weight excluding hydrogens is 285 g/mol. The van der Waals surface area contributed by atoms with Gasteiger partial charge in [-0.25, -0.2) is 9.07 Å². The fraction of sp³-hybridized carbons (Fsp3) is 0.375. The second kappa shape index (κ2) is 6.27. The van der Waals surface area contributed by atoms with Crippen LogP contribution in [-0.2, 0) is 0 Å². The predicted octanol–water partition coefficient (Wildman–Crippen LogP) is 1.86. The lowest BCUT2D eigenvalue weighted by Crippen LogP contribution is -2.39. The molecule has 1 aliphatic heterocycles. The van der Waals surface area contributed by atoms with E-state index < -0.39 is 5.82 Å². The van der Waals surface area contributed by atoms with Crippen molar-refractivity contribution in [2.24, 2.45) is 5.92 Å². The van der Waals surface area contributed by atoms with Crippen LogP contribution < -0.4 is 0 Å². The molecule has 0 atom stereocenters. The van der Waals surface area contributed by atoms with Crippen molar-refractivity contribution in [3.63, 3.8) is 0 Å². The summed E-state index contributed by atoms with van der Waals surface area (Å²) in [6.07, 6.45) is 4.80. The van der Waals surface area contributed by atoms with Crippen LogP contribution in [0.15, 0.2) is 36.7 Å². The van der Waals surface area contributed by atoms with Crippen molar-refractivity contribution < 1.29 is 14.3 Å². The van der Waals surface area contributed by atoms with E-state index in [0.29, 0.717) is 24.3 Å². The Labute approximate surface area is 128 Å². The molecule has 116 valence electrons. The fourth-order valence-electron chi connectivity index (χ4n) is 2.74. The number of rotatable bonds is 3. The molecule has 1 aliphatic rings. The van der Waals surface area contributed by atoms with Gasteiger partial charge in [0.2, 0.25) is 0 Å². The summed E-state index contributed by atoms with van der Waals surface area (Å²) in [6, 6.07) is 6.16. The zero-order chi connectivity index (χ0) is 15.5. The van der Waals surface area contributed by atoms with Crippen LogP contribution in [0, 0.1) is 11.7 Å². The topological polar surface area (TPSA) is 58.4 Å². The molecule has 3 rings (SSSR count). The summed E-state index contributed by atoms with van der Waals surface area (Å²) in [6.45, 7) is 1.37. The normalized spacial score (nSPS) is 16.0. The van der Waals surface area contributed by atoms with Crippen LogP contribution in [0.4, 0.5) is 4.39 Å². The Morgan fingerprint density at radius 1 is 1.36 bits per heavy atom. The van der Waals surface area contributed by atoms with Gasteiger partial charge in [0.05, 0.1) is 0 Å². The smallest absolute Gasteiger partial charge is 0.253 e. The first-order chi connectivity index (χ1) is 10.7. The highest BCUT2D eigenvalue weighted by Crippen LogP contribution is 2.20. The van der Waals surface area contributed by atoms with E-state index in [2.05, 4.69) is 5.10 Å². The minimum absolute atomic E-state index is 0.162. The monoisotopic (exact) mass is 303 g/mol. The van der Waals surface area contributed by atoms with Gasteiger partial charge in [-0.3, -0.25) is 4.79 Å². The number of halogens is 1. The Morgan fingerprint density at radius 3 is 2.73 bits per heavy atom. The number of carbonyl (C=O) groups excluding carboxylic acids is 1. The van der Waals surface area contributed by atoms with Crippen LogP contribution in [0.5, 0.6) is 0 Å². The Bertz CT molecular complexity index is 649. The van der Waals surface area contributed by atoms with Crippen LogP contribution in [0.25, 0.3) is 5.69 Å². The van der Waals surface area contributed by atoms with Gasteiger partial charge in [0.25, 0.3) is 5.91 Å². The Kier molecular flexibility index (Phi) is 4.20. The third-order valence-electron chi connectivity index (χ3n) is 4.11. The third-order valence-corrected chi connectivity index (χ3v) is 4.11. The zero-order valence-corrected chi connectivity index (χ0v) is 12.2. The molecular formula is C16H18FN3O2. The Morgan fingerprint density at radius 2 is 2.14 bits per heavy atom. The number of amides is 1. The second-order valence-electron chi connectivity index (χ2n) is 5.53. The molecule has 0 bridgehead atoms. The molecule has 2 aromatic rings. The molecule has 1 aromatic carbocycles. The number of hydrogen-bond donors (Lipinski definition) is 1. The lowest BCUT2D eigenvalue weighted by Gasteiger charge is -2.31. The van der Waals surface area contributed by atoms with E-state index in [1.54, 1.807) is 35.5 Å². The summed E-state index contributed by atoms with van der Waals surface area (Å²) >= 11 is 0. The number of carbonyl (C=O) groups is 1. The summed E-state index contributed by atoms with van der Waals surface area (Å²) < 4.78 is 15.6. The maximum absolute atomic E-state index is 14.2. The molecule has 0 spiro atoms. The highest BCUT2D eigenvalue weighted by Gasteiger charge is 2.23. The Hall–Kier alpha value is -2.21. The van der Waals surface area contributed by atoms with Crippen LogP contribution in [0.2, 0.25) is 0 Å². The molecule has 6 heteroatoms. The molecule has 1 fully saturated rings. The third kappa shape index (κ3) is 2.87. The number of benzene rings is 1. The van der Waals surface area contributed by atoms with E-state index in [-0.39, 0.29) is 18.4 Å². The van der Waals surface area contributed by atoms with E-state index in [0.717, 1.165) is 12.8 Å². The van der Waals surface area contributed by atoms with Gasteiger partial charge in [0.15, 0.2) is 0 Å². The molecule has 0 unspecified atom stereocenters. The van der Waals surface area contributed by atoms with Crippen LogP contribution in [0.3, 0.4) is 0 Å². The summed E-state index contributed by atoms with van der Waals surface area (Å²) in [5, 5.41) is 13.1. The van der Waals surface area contributed by atoms with Gasteiger partial charge in [-0.15, -0.1) is 0 Å². The van der Waals surface area contributed by atoms with Gasteiger partial charge in [0.1, 0.15) is 11.5 Å².